The zero-order valence-electron chi connectivity index (χ0n) is 31.1. The standard InChI is InChI=1S/C51H36N2O2/c1-50(2)39-18-10-8-15-33(39)35-23-21-30(26-41(35)50)53(31-22-24-36-34-16-9-11-19-40(34)51(3,4)42(36)27-31)32-25-38-46-44(28-32)54-43-20-12-17-37(45(43)46)47-48(38)55-49(52-47)29-13-6-5-7-14-29/h5-28H,1-4H3. The molecule has 55 heavy (non-hydrogen) atoms. The topological polar surface area (TPSA) is 42.4 Å². The summed E-state index contributed by atoms with van der Waals surface area (Å²) in [6.45, 7) is 9.38. The van der Waals surface area contributed by atoms with Gasteiger partial charge in [-0.15, -0.1) is 0 Å². The second kappa shape index (κ2) is 10.5. The fourth-order valence-corrected chi connectivity index (χ4v) is 9.94. The first kappa shape index (κ1) is 30.8. The highest BCUT2D eigenvalue weighted by molar-refractivity contribution is 6.32. The van der Waals surface area contributed by atoms with Crippen molar-refractivity contribution >= 4 is 60.9 Å². The molecule has 12 rings (SSSR count). The van der Waals surface area contributed by atoms with Crippen molar-refractivity contribution in [2.24, 2.45) is 0 Å². The lowest BCUT2D eigenvalue weighted by Gasteiger charge is -2.30. The van der Waals surface area contributed by atoms with Gasteiger partial charge in [-0.1, -0.05) is 119 Å². The maximum Gasteiger partial charge on any atom is 0.227 e. The summed E-state index contributed by atoms with van der Waals surface area (Å²) in [6, 6.07) is 52.6. The molecule has 0 saturated carbocycles. The smallest absolute Gasteiger partial charge is 0.227 e. The molecule has 0 spiro atoms. The van der Waals surface area contributed by atoms with Gasteiger partial charge in [0.1, 0.15) is 16.7 Å². The quantitative estimate of drug-likeness (QED) is 0.171. The Morgan fingerprint density at radius 2 is 1.04 bits per heavy atom. The molecule has 0 N–H and O–H groups in total. The van der Waals surface area contributed by atoms with Gasteiger partial charge in [0, 0.05) is 55.4 Å². The molecule has 2 aliphatic carbocycles. The molecule has 2 heterocycles. The number of anilines is 3. The summed E-state index contributed by atoms with van der Waals surface area (Å²) >= 11 is 0. The second-order valence-corrected chi connectivity index (χ2v) is 16.3. The van der Waals surface area contributed by atoms with Crippen LogP contribution in [-0.2, 0) is 10.8 Å². The molecule has 0 amide bonds. The first-order valence-corrected chi connectivity index (χ1v) is 19.1. The van der Waals surface area contributed by atoms with Crippen LogP contribution in [0.15, 0.2) is 154 Å². The highest BCUT2D eigenvalue weighted by Crippen LogP contribution is 2.54. The van der Waals surface area contributed by atoms with E-state index in [2.05, 4.69) is 154 Å². The highest BCUT2D eigenvalue weighted by atomic mass is 16.3. The van der Waals surface area contributed by atoms with Crippen LogP contribution in [-0.4, -0.2) is 4.98 Å². The molecule has 0 unspecified atom stereocenters. The Balaban J connectivity index is 1.14. The first-order valence-electron chi connectivity index (χ1n) is 19.1. The molecule has 0 bridgehead atoms. The first-order chi connectivity index (χ1) is 26.8. The highest BCUT2D eigenvalue weighted by Gasteiger charge is 2.38. The van der Waals surface area contributed by atoms with E-state index in [0.29, 0.717) is 5.89 Å². The molecule has 4 nitrogen and oxygen atoms in total. The lowest BCUT2D eigenvalue weighted by molar-refractivity contribution is 0.623. The minimum atomic E-state index is -0.150. The van der Waals surface area contributed by atoms with E-state index in [1.807, 2.05) is 24.3 Å². The number of fused-ring (bicyclic) bond motifs is 9. The number of furan rings is 1. The lowest BCUT2D eigenvalue weighted by Crippen LogP contribution is -2.18. The number of benzene rings is 8. The molecule has 10 aromatic rings. The Kier molecular flexibility index (Phi) is 5.88. The van der Waals surface area contributed by atoms with Gasteiger partial charge in [0.2, 0.25) is 5.89 Å². The van der Waals surface area contributed by atoms with Crippen LogP contribution in [0, 0.1) is 0 Å². The van der Waals surface area contributed by atoms with Crippen LogP contribution in [0.2, 0.25) is 0 Å². The Hall–Kier alpha value is -6.65. The van der Waals surface area contributed by atoms with Crippen molar-refractivity contribution in [3.63, 3.8) is 0 Å². The molecular weight excluding hydrogens is 673 g/mol. The maximum atomic E-state index is 6.76. The molecule has 0 aliphatic heterocycles. The van der Waals surface area contributed by atoms with Gasteiger partial charge >= 0.3 is 0 Å². The van der Waals surface area contributed by atoms with Crippen molar-refractivity contribution in [3.05, 3.63) is 168 Å². The zero-order valence-corrected chi connectivity index (χ0v) is 31.1. The van der Waals surface area contributed by atoms with Crippen molar-refractivity contribution in [2.75, 3.05) is 4.90 Å². The molecule has 2 aliphatic rings. The van der Waals surface area contributed by atoms with Crippen LogP contribution in [0.25, 0.3) is 77.5 Å². The summed E-state index contributed by atoms with van der Waals surface area (Å²) < 4.78 is 13.5. The van der Waals surface area contributed by atoms with Crippen LogP contribution >= 0.6 is 0 Å². The third-order valence-corrected chi connectivity index (χ3v) is 12.6. The van der Waals surface area contributed by atoms with E-state index in [1.165, 1.54) is 44.5 Å². The van der Waals surface area contributed by atoms with Gasteiger partial charge in [0.05, 0.1) is 5.69 Å². The van der Waals surface area contributed by atoms with E-state index in [4.69, 9.17) is 13.8 Å². The number of oxazole rings is 1. The van der Waals surface area contributed by atoms with Crippen molar-refractivity contribution in [1.82, 2.24) is 4.98 Å². The molecule has 0 radical (unpaired) electrons. The van der Waals surface area contributed by atoms with Crippen molar-refractivity contribution in [2.45, 2.75) is 38.5 Å². The molecule has 0 atom stereocenters. The second-order valence-electron chi connectivity index (χ2n) is 16.3. The number of nitrogens with zero attached hydrogens (tertiary/aromatic N) is 2. The summed E-state index contributed by atoms with van der Waals surface area (Å²) in [7, 11) is 0. The third kappa shape index (κ3) is 4.04. The van der Waals surface area contributed by atoms with Gasteiger partial charge in [-0.3, -0.25) is 0 Å². The summed E-state index contributed by atoms with van der Waals surface area (Å²) in [5.74, 6) is 0.612. The van der Waals surface area contributed by atoms with E-state index in [-0.39, 0.29) is 10.8 Å². The normalized spacial score (nSPS) is 14.8. The van der Waals surface area contributed by atoms with Gasteiger partial charge in [-0.05, 0) is 93.0 Å². The van der Waals surface area contributed by atoms with E-state index >= 15 is 0 Å². The van der Waals surface area contributed by atoms with Crippen LogP contribution in [0.1, 0.15) is 49.9 Å². The fraction of sp³-hybridized carbons (Fsp3) is 0.118. The SMILES string of the molecule is CC1(C)c2ccccc2-c2ccc(N(c3ccc4c(c3)C(C)(C)c3ccccc3-4)c3cc4oc5cccc6c7nc(-c8ccccc8)oc7c(c3)c4c56)cc21. The van der Waals surface area contributed by atoms with Crippen molar-refractivity contribution in [3.8, 4) is 33.7 Å². The average molecular weight is 709 g/mol. The largest absolute Gasteiger partial charge is 0.456 e. The molecule has 2 aromatic heterocycles. The van der Waals surface area contributed by atoms with Gasteiger partial charge in [-0.2, -0.15) is 0 Å². The predicted molar refractivity (Wildman–Crippen MR) is 225 cm³/mol. The van der Waals surface area contributed by atoms with E-state index in [0.717, 1.165) is 66.4 Å². The zero-order chi connectivity index (χ0) is 36.8. The third-order valence-electron chi connectivity index (χ3n) is 12.6. The molecule has 8 aromatic carbocycles. The minimum absolute atomic E-state index is 0.150. The van der Waals surface area contributed by atoms with Crippen molar-refractivity contribution in [1.29, 1.82) is 0 Å². The van der Waals surface area contributed by atoms with E-state index in [9.17, 15) is 0 Å². The number of hydrogen-bond donors (Lipinski definition) is 0. The van der Waals surface area contributed by atoms with Crippen LogP contribution in [0.3, 0.4) is 0 Å². The molecule has 262 valence electrons. The van der Waals surface area contributed by atoms with Crippen LogP contribution in [0.5, 0.6) is 0 Å². The number of aromatic nitrogens is 1. The Morgan fingerprint density at radius 1 is 0.455 bits per heavy atom. The predicted octanol–water partition coefficient (Wildman–Crippen LogP) is 14.1. The summed E-state index contributed by atoms with van der Waals surface area (Å²) in [5, 5.41) is 4.17. The molecule has 0 saturated heterocycles. The number of hydrogen-bond acceptors (Lipinski definition) is 4. The number of rotatable bonds is 4. The fourth-order valence-electron chi connectivity index (χ4n) is 9.94. The molecule has 0 fully saturated rings. The summed E-state index contributed by atoms with van der Waals surface area (Å²) in [6.07, 6.45) is 0. The van der Waals surface area contributed by atoms with E-state index in [1.54, 1.807) is 0 Å². The minimum Gasteiger partial charge on any atom is -0.456 e. The van der Waals surface area contributed by atoms with Gasteiger partial charge in [-0.25, -0.2) is 4.98 Å². The van der Waals surface area contributed by atoms with Gasteiger partial charge < -0.3 is 13.7 Å². The Morgan fingerprint density at radius 3 is 1.69 bits per heavy atom. The molecular formula is C51H36N2O2. The van der Waals surface area contributed by atoms with Gasteiger partial charge in [0.25, 0.3) is 0 Å². The summed E-state index contributed by atoms with van der Waals surface area (Å²) in [5.41, 5.74) is 17.7. The van der Waals surface area contributed by atoms with E-state index < -0.39 is 0 Å². The van der Waals surface area contributed by atoms with Crippen LogP contribution < -0.4 is 4.90 Å². The lowest BCUT2D eigenvalue weighted by atomic mass is 9.82. The Bertz CT molecular complexity index is 3110. The summed E-state index contributed by atoms with van der Waals surface area (Å²) in [4.78, 5) is 7.54. The van der Waals surface area contributed by atoms with Gasteiger partial charge in [0.15, 0.2) is 5.58 Å². The average Bonchev–Trinajstić information content (AvgIpc) is 3.94. The monoisotopic (exact) mass is 708 g/mol. The molecule has 4 heteroatoms. The Labute approximate surface area is 318 Å². The van der Waals surface area contributed by atoms with Crippen LogP contribution in [0.4, 0.5) is 17.1 Å². The maximum absolute atomic E-state index is 6.76. The van der Waals surface area contributed by atoms with Crippen molar-refractivity contribution < 1.29 is 8.83 Å².